The molecule has 3 aromatic rings. The van der Waals surface area contributed by atoms with Crippen molar-refractivity contribution in [1.82, 2.24) is 10.4 Å². The number of benzene rings is 2. The molecule has 0 saturated heterocycles. The Bertz CT molecular complexity index is 1020. The topological polar surface area (TPSA) is 82.0 Å². The Labute approximate surface area is 162 Å². The van der Waals surface area contributed by atoms with Crippen molar-refractivity contribution in [2.75, 3.05) is 21.3 Å². The molecule has 0 aliphatic heterocycles. The minimum Gasteiger partial charge on any atom is -0.493 e. The molecule has 0 fully saturated rings. The Morgan fingerprint density at radius 2 is 1.71 bits per heavy atom. The molecule has 144 valence electrons. The Hall–Kier alpha value is -3.61. The quantitative estimate of drug-likeness (QED) is 0.525. The zero-order chi connectivity index (χ0) is 20.1. The number of pyridine rings is 1. The monoisotopic (exact) mass is 379 g/mol. The van der Waals surface area contributed by atoms with Gasteiger partial charge in [-0.2, -0.15) is 5.10 Å². The number of aryl methyl sites for hydroxylation is 1. The zero-order valence-corrected chi connectivity index (χ0v) is 16.1. The average Bonchev–Trinajstić information content (AvgIpc) is 2.72. The Morgan fingerprint density at radius 1 is 1.04 bits per heavy atom. The first-order chi connectivity index (χ1) is 13.6. The molecular weight excluding hydrogens is 358 g/mol. The lowest BCUT2D eigenvalue weighted by Crippen LogP contribution is -2.18. The van der Waals surface area contributed by atoms with E-state index in [1.165, 1.54) is 27.5 Å². The summed E-state index contributed by atoms with van der Waals surface area (Å²) in [5.74, 6) is 1.19. The molecule has 0 aliphatic carbocycles. The molecular formula is C21H21N3O4. The van der Waals surface area contributed by atoms with Gasteiger partial charge < -0.3 is 14.2 Å². The third kappa shape index (κ3) is 3.88. The molecule has 3 rings (SSSR count). The van der Waals surface area contributed by atoms with Gasteiger partial charge in [0.1, 0.15) is 0 Å². The third-order valence-corrected chi connectivity index (χ3v) is 4.16. The fourth-order valence-corrected chi connectivity index (χ4v) is 2.90. The normalized spacial score (nSPS) is 10.9. The molecule has 0 unspecified atom stereocenters. The number of para-hydroxylation sites is 1. The largest absolute Gasteiger partial charge is 0.493 e. The van der Waals surface area contributed by atoms with Gasteiger partial charge in [-0.15, -0.1) is 0 Å². The zero-order valence-electron chi connectivity index (χ0n) is 16.1. The number of methoxy groups -OCH3 is 3. The van der Waals surface area contributed by atoms with E-state index in [2.05, 4.69) is 15.5 Å². The summed E-state index contributed by atoms with van der Waals surface area (Å²) < 4.78 is 15.9. The van der Waals surface area contributed by atoms with E-state index in [1.807, 2.05) is 31.2 Å². The molecule has 0 spiro atoms. The summed E-state index contributed by atoms with van der Waals surface area (Å²) in [7, 11) is 4.61. The van der Waals surface area contributed by atoms with Crippen molar-refractivity contribution in [2.45, 2.75) is 6.92 Å². The molecule has 0 aliphatic rings. The number of aromatic nitrogens is 1. The summed E-state index contributed by atoms with van der Waals surface area (Å²) in [6.45, 7) is 1.85. The molecule has 0 bridgehead atoms. The third-order valence-electron chi connectivity index (χ3n) is 4.16. The van der Waals surface area contributed by atoms with Crippen LogP contribution in [0.4, 0.5) is 0 Å². The second kappa shape index (κ2) is 8.39. The van der Waals surface area contributed by atoms with Gasteiger partial charge >= 0.3 is 0 Å². The number of hydrazone groups is 1. The van der Waals surface area contributed by atoms with Crippen LogP contribution >= 0.6 is 0 Å². The highest BCUT2D eigenvalue weighted by atomic mass is 16.5. The Balaban J connectivity index is 1.85. The maximum Gasteiger partial charge on any atom is 0.272 e. The number of fused-ring (bicyclic) bond motifs is 1. The van der Waals surface area contributed by atoms with Crippen LogP contribution in [0, 0.1) is 6.92 Å². The molecule has 7 nitrogen and oxygen atoms in total. The first-order valence-electron chi connectivity index (χ1n) is 8.57. The number of rotatable bonds is 6. The predicted molar refractivity (Wildman–Crippen MR) is 108 cm³/mol. The maximum atomic E-state index is 12.6. The molecule has 2 aromatic carbocycles. The number of carbonyl (C=O) groups is 1. The molecule has 0 saturated carbocycles. The first kappa shape index (κ1) is 19.2. The van der Waals surface area contributed by atoms with E-state index in [-0.39, 0.29) is 5.91 Å². The fourth-order valence-electron chi connectivity index (χ4n) is 2.90. The van der Waals surface area contributed by atoms with Gasteiger partial charge in [0, 0.05) is 16.6 Å². The number of hydrogen-bond donors (Lipinski definition) is 1. The van der Waals surface area contributed by atoms with Gasteiger partial charge in [-0.3, -0.25) is 9.78 Å². The number of carbonyl (C=O) groups excluding carboxylic acids is 1. The van der Waals surface area contributed by atoms with Gasteiger partial charge in [0.2, 0.25) is 5.75 Å². The summed E-state index contributed by atoms with van der Waals surface area (Å²) in [6, 6.07) is 12.7. The van der Waals surface area contributed by atoms with E-state index in [1.54, 1.807) is 18.2 Å². The summed E-state index contributed by atoms with van der Waals surface area (Å²) in [6.07, 6.45) is 1.51. The lowest BCUT2D eigenvalue weighted by Gasteiger charge is -2.12. The van der Waals surface area contributed by atoms with Gasteiger partial charge in [0.05, 0.1) is 38.6 Å². The summed E-state index contributed by atoms with van der Waals surface area (Å²) in [5, 5.41) is 4.84. The maximum absolute atomic E-state index is 12.6. The molecule has 28 heavy (non-hydrogen) atoms. The van der Waals surface area contributed by atoms with Crippen molar-refractivity contribution in [1.29, 1.82) is 0 Å². The van der Waals surface area contributed by atoms with Crippen molar-refractivity contribution < 1.29 is 19.0 Å². The van der Waals surface area contributed by atoms with Crippen LogP contribution in [0.2, 0.25) is 0 Å². The number of nitrogens with zero attached hydrogens (tertiary/aromatic N) is 2. The number of hydrogen-bond acceptors (Lipinski definition) is 6. The lowest BCUT2D eigenvalue weighted by atomic mass is 10.1. The second-order valence-corrected chi connectivity index (χ2v) is 5.99. The van der Waals surface area contributed by atoms with Crippen LogP contribution in [0.5, 0.6) is 17.2 Å². The van der Waals surface area contributed by atoms with E-state index < -0.39 is 0 Å². The van der Waals surface area contributed by atoms with E-state index >= 15 is 0 Å². The Kier molecular flexibility index (Phi) is 5.74. The van der Waals surface area contributed by atoms with Crippen LogP contribution in [0.25, 0.3) is 10.9 Å². The van der Waals surface area contributed by atoms with Crippen molar-refractivity contribution >= 4 is 23.0 Å². The number of nitrogens with one attached hydrogen (secondary N) is 1. The Morgan fingerprint density at radius 3 is 2.36 bits per heavy atom. The summed E-state index contributed by atoms with van der Waals surface area (Å²) in [5.41, 5.74) is 5.29. The molecule has 0 atom stereocenters. The summed E-state index contributed by atoms with van der Waals surface area (Å²) in [4.78, 5) is 17.1. The highest BCUT2D eigenvalue weighted by Crippen LogP contribution is 2.37. The van der Waals surface area contributed by atoms with Crippen molar-refractivity contribution in [2.24, 2.45) is 5.10 Å². The molecule has 7 heteroatoms. The SMILES string of the molecule is COc1cc(/C=N/NC(=O)c2cc(C)nc3ccccc23)cc(OC)c1OC. The van der Waals surface area contributed by atoms with Crippen molar-refractivity contribution in [3.8, 4) is 17.2 Å². The van der Waals surface area contributed by atoms with Crippen LogP contribution in [-0.2, 0) is 0 Å². The van der Waals surface area contributed by atoms with E-state index in [9.17, 15) is 4.79 Å². The van der Waals surface area contributed by atoms with Crippen LogP contribution in [0.1, 0.15) is 21.6 Å². The van der Waals surface area contributed by atoms with Gasteiger partial charge in [0.15, 0.2) is 11.5 Å². The van der Waals surface area contributed by atoms with Crippen LogP contribution < -0.4 is 19.6 Å². The smallest absolute Gasteiger partial charge is 0.272 e. The van der Waals surface area contributed by atoms with Gasteiger partial charge in [0.25, 0.3) is 5.91 Å². The molecule has 1 N–H and O–H groups in total. The standard InChI is InChI=1S/C21H21N3O4/c1-13-9-16(15-7-5-6-8-17(15)23-13)21(25)24-22-12-14-10-18(26-2)20(28-4)19(11-14)27-3/h5-12H,1-4H3,(H,24,25)/b22-12+. The van der Waals surface area contributed by atoms with Gasteiger partial charge in [-0.1, -0.05) is 18.2 Å². The number of ether oxygens (including phenoxy) is 3. The minimum atomic E-state index is -0.314. The lowest BCUT2D eigenvalue weighted by molar-refractivity contribution is 0.0956. The second-order valence-electron chi connectivity index (χ2n) is 5.99. The average molecular weight is 379 g/mol. The van der Waals surface area contributed by atoms with E-state index in [0.717, 1.165) is 16.6 Å². The molecule has 1 heterocycles. The predicted octanol–water partition coefficient (Wildman–Crippen LogP) is 3.33. The van der Waals surface area contributed by atoms with E-state index in [0.29, 0.717) is 28.4 Å². The first-order valence-corrected chi connectivity index (χ1v) is 8.57. The van der Waals surface area contributed by atoms with Gasteiger partial charge in [-0.05, 0) is 31.2 Å². The molecule has 1 aromatic heterocycles. The highest BCUT2D eigenvalue weighted by molar-refractivity contribution is 6.06. The molecule has 1 amide bonds. The van der Waals surface area contributed by atoms with Crippen molar-refractivity contribution in [3.63, 3.8) is 0 Å². The van der Waals surface area contributed by atoms with E-state index in [4.69, 9.17) is 14.2 Å². The van der Waals surface area contributed by atoms with Crippen LogP contribution in [-0.4, -0.2) is 38.4 Å². The highest BCUT2D eigenvalue weighted by Gasteiger charge is 2.13. The summed E-state index contributed by atoms with van der Waals surface area (Å²) >= 11 is 0. The minimum absolute atomic E-state index is 0.314. The van der Waals surface area contributed by atoms with Crippen LogP contribution in [0.15, 0.2) is 47.6 Å². The van der Waals surface area contributed by atoms with Crippen LogP contribution in [0.3, 0.4) is 0 Å². The van der Waals surface area contributed by atoms with Gasteiger partial charge in [-0.25, -0.2) is 5.43 Å². The molecule has 0 radical (unpaired) electrons. The fraction of sp³-hybridized carbons (Fsp3) is 0.190. The number of amides is 1. The van der Waals surface area contributed by atoms with Crippen molar-refractivity contribution in [3.05, 3.63) is 59.3 Å².